The molecule has 2 N–H and O–H groups in total. The summed E-state index contributed by atoms with van der Waals surface area (Å²) in [6, 6.07) is 10.7. The number of fused-ring (bicyclic) bond motifs is 1. The molecule has 0 amide bonds. The highest BCUT2D eigenvalue weighted by atomic mass is 32.2. The van der Waals surface area contributed by atoms with E-state index in [9.17, 15) is 17.6 Å². The zero-order valence-corrected chi connectivity index (χ0v) is 12.9. The van der Waals surface area contributed by atoms with E-state index in [1.165, 1.54) is 12.3 Å². The van der Waals surface area contributed by atoms with Gasteiger partial charge in [-0.15, -0.1) is 0 Å². The number of hydrogen-bond donors (Lipinski definition) is 2. The van der Waals surface area contributed by atoms with Gasteiger partial charge in [-0.25, -0.2) is 17.6 Å². The lowest BCUT2D eigenvalue weighted by atomic mass is 10.2. The van der Waals surface area contributed by atoms with E-state index in [-0.39, 0.29) is 21.7 Å². The molecule has 24 heavy (non-hydrogen) atoms. The average molecular weight is 346 g/mol. The van der Waals surface area contributed by atoms with Gasteiger partial charge >= 0.3 is 5.97 Å². The third kappa shape index (κ3) is 2.91. The van der Waals surface area contributed by atoms with Crippen molar-refractivity contribution in [2.75, 3.05) is 4.72 Å². The van der Waals surface area contributed by atoms with E-state index < -0.39 is 21.8 Å². The average Bonchev–Trinajstić information content (AvgIpc) is 2.53. The van der Waals surface area contributed by atoms with Gasteiger partial charge in [-0.05, 0) is 30.3 Å². The van der Waals surface area contributed by atoms with Crippen LogP contribution in [0.15, 0.2) is 59.6 Å². The molecule has 0 aliphatic carbocycles. The molecule has 0 aliphatic heterocycles. The van der Waals surface area contributed by atoms with Crippen molar-refractivity contribution >= 4 is 32.6 Å². The van der Waals surface area contributed by atoms with E-state index in [4.69, 9.17) is 5.11 Å². The fourth-order valence-corrected chi connectivity index (χ4v) is 3.53. The van der Waals surface area contributed by atoms with Gasteiger partial charge in [0.05, 0.1) is 16.8 Å². The molecule has 0 bridgehead atoms. The number of carboxylic acid groups (broad SMARTS) is 1. The molecule has 0 radical (unpaired) electrons. The van der Waals surface area contributed by atoms with Crippen molar-refractivity contribution < 1.29 is 22.7 Å². The lowest BCUT2D eigenvalue weighted by molar-refractivity contribution is 0.0698. The molecule has 6 nitrogen and oxygen atoms in total. The Balaban J connectivity index is 2.13. The third-order valence-electron chi connectivity index (χ3n) is 3.34. The van der Waals surface area contributed by atoms with Gasteiger partial charge in [0.15, 0.2) is 0 Å². The number of nitrogens with zero attached hydrogens (tertiary/aromatic N) is 1. The minimum absolute atomic E-state index is 0.124. The SMILES string of the molecule is O=C(O)c1ccc(F)cc1NS(=O)(=O)c1cccc2cccnc12. The van der Waals surface area contributed by atoms with Gasteiger partial charge in [0.1, 0.15) is 10.7 Å². The van der Waals surface area contributed by atoms with Crippen molar-refractivity contribution in [3.63, 3.8) is 0 Å². The molecule has 3 aromatic rings. The molecule has 8 heteroatoms. The summed E-state index contributed by atoms with van der Waals surface area (Å²) in [7, 11) is -4.16. The van der Waals surface area contributed by atoms with Crippen LogP contribution < -0.4 is 4.72 Å². The van der Waals surface area contributed by atoms with E-state index in [0.29, 0.717) is 5.39 Å². The van der Waals surface area contributed by atoms with Crippen LogP contribution in [-0.4, -0.2) is 24.5 Å². The van der Waals surface area contributed by atoms with Crippen LogP contribution >= 0.6 is 0 Å². The van der Waals surface area contributed by atoms with Crippen molar-refractivity contribution in [1.29, 1.82) is 0 Å². The molecule has 0 fully saturated rings. The number of benzene rings is 2. The van der Waals surface area contributed by atoms with Gasteiger partial charge in [0.2, 0.25) is 0 Å². The summed E-state index contributed by atoms with van der Waals surface area (Å²) < 4.78 is 40.8. The monoisotopic (exact) mass is 346 g/mol. The Morgan fingerprint density at radius 1 is 1.12 bits per heavy atom. The van der Waals surface area contributed by atoms with Crippen LogP contribution in [0.3, 0.4) is 0 Å². The molecule has 1 heterocycles. The van der Waals surface area contributed by atoms with E-state index in [1.807, 2.05) is 0 Å². The summed E-state index contributed by atoms with van der Waals surface area (Å²) in [6.45, 7) is 0. The lowest BCUT2D eigenvalue weighted by Crippen LogP contribution is -2.16. The summed E-state index contributed by atoms with van der Waals surface area (Å²) in [5.41, 5.74) is -0.468. The molecule has 0 unspecified atom stereocenters. The number of rotatable bonds is 4. The van der Waals surface area contributed by atoms with Crippen molar-refractivity contribution in [3.8, 4) is 0 Å². The number of para-hydroxylation sites is 1. The van der Waals surface area contributed by atoms with Crippen LogP contribution in [0.25, 0.3) is 10.9 Å². The molecule has 0 saturated heterocycles. The Morgan fingerprint density at radius 2 is 1.88 bits per heavy atom. The Hall–Kier alpha value is -3.00. The molecular weight excluding hydrogens is 335 g/mol. The first kappa shape index (κ1) is 15.9. The van der Waals surface area contributed by atoms with Crippen molar-refractivity contribution in [3.05, 3.63) is 66.1 Å². The largest absolute Gasteiger partial charge is 0.478 e. The quantitative estimate of drug-likeness (QED) is 0.757. The van der Waals surface area contributed by atoms with Gasteiger partial charge in [0, 0.05) is 11.6 Å². The summed E-state index contributed by atoms with van der Waals surface area (Å²) in [5, 5.41) is 9.74. The van der Waals surface area contributed by atoms with E-state index in [0.717, 1.165) is 18.2 Å². The minimum atomic E-state index is -4.16. The van der Waals surface area contributed by atoms with Crippen molar-refractivity contribution in [2.24, 2.45) is 0 Å². The maximum atomic E-state index is 13.4. The third-order valence-corrected chi connectivity index (χ3v) is 4.74. The van der Waals surface area contributed by atoms with Gasteiger partial charge in [0.25, 0.3) is 10.0 Å². The summed E-state index contributed by atoms with van der Waals surface area (Å²) in [6.07, 6.45) is 1.45. The second-order valence-corrected chi connectivity index (χ2v) is 6.58. The molecular formula is C16H11FN2O4S. The number of anilines is 1. The Morgan fingerprint density at radius 3 is 2.62 bits per heavy atom. The van der Waals surface area contributed by atoms with E-state index in [2.05, 4.69) is 9.71 Å². The summed E-state index contributed by atoms with van der Waals surface area (Å²) in [5.74, 6) is -2.13. The molecule has 122 valence electrons. The first-order chi connectivity index (χ1) is 11.4. The van der Waals surface area contributed by atoms with Gasteiger partial charge in [-0.3, -0.25) is 9.71 Å². The predicted molar refractivity (Wildman–Crippen MR) is 85.9 cm³/mol. The molecule has 2 aromatic carbocycles. The first-order valence-electron chi connectivity index (χ1n) is 6.78. The number of hydrogen-bond acceptors (Lipinski definition) is 4. The van der Waals surface area contributed by atoms with E-state index in [1.54, 1.807) is 24.3 Å². The molecule has 3 rings (SSSR count). The number of aromatic carboxylic acids is 1. The zero-order valence-electron chi connectivity index (χ0n) is 12.1. The molecule has 0 atom stereocenters. The fourth-order valence-electron chi connectivity index (χ4n) is 2.28. The lowest BCUT2D eigenvalue weighted by Gasteiger charge is -2.12. The Kier molecular flexibility index (Phi) is 3.90. The minimum Gasteiger partial charge on any atom is -0.478 e. The van der Waals surface area contributed by atoms with Gasteiger partial charge in [-0.2, -0.15) is 0 Å². The number of sulfonamides is 1. The zero-order chi connectivity index (χ0) is 17.3. The summed E-state index contributed by atoms with van der Waals surface area (Å²) >= 11 is 0. The number of carboxylic acids is 1. The van der Waals surface area contributed by atoms with Crippen LogP contribution in [0, 0.1) is 5.82 Å². The van der Waals surface area contributed by atoms with Gasteiger partial charge in [-0.1, -0.05) is 18.2 Å². The molecule has 0 spiro atoms. The van der Waals surface area contributed by atoms with Crippen LogP contribution in [0.5, 0.6) is 0 Å². The fraction of sp³-hybridized carbons (Fsp3) is 0. The molecule has 0 aliphatic rings. The highest BCUT2D eigenvalue weighted by molar-refractivity contribution is 7.93. The van der Waals surface area contributed by atoms with Crippen LogP contribution in [0.4, 0.5) is 10.1 Å². The second kappa shape index (κ2) is 5.89. The number of carbonyl (C=O) groups is 1. The smallest absolute Gasteiger partial charge is 0.337 e. The topological polar surface area (TPSA) is 96.4 Å². The number of aromatic nitrogens is 1. The number of halogens is 1. The highest BCUT2D eigenvalue weighted by Crippen LogP contribution is 2.25. The second-order valence-electron chi connectivity index (χ2n) is 4.93. The van der Waals surface area contributed by atoms with Crippen LogP contribution in [0.2, 0.25) is 0 Å². The molecule has 0 saturated carbocycles. The number of pyridine rings is 1. The van der Waals surface area contributed by atoms with Crippen LogP contribution in [0.1, 0.15) is 10.4 Å². The number of nitrogens with one attached hydrogen (secondary N) is 1. The van der Waals surface area contributed by atoms with Crippen molar-refractivity contribution in [1.82, 2.24) is 4.98 Å². The standard InChI is InChI=1S/C16H11FN2O4S/c17-11-6-7-12(16(20)21)13(9-11)19-24(22,23)14-5-1-3-10-4-2-8-18-15(10)14/h1-9,19H,(H,20,21). The summed E-state index contributed by atoms with van der Waals surface area (Å²) in [4.78, 5) is 15.1. The van der Waals surface area contributed by atoms with Crippen molar-refractivity contribution in [2.45, 2.75) is 4.90 Å². The predicted octanol–water partition coefficient (Wildman–Crippen LogP) is 2.87. The molecule has 1 aromatic heterocycles. The maximum absolute atomic E-state index is 13.4. The van der Waals surface area contributed by atoms with Crippen LogP contribution in [-0.2, 0) is 10.0 Å². The normalized spacial score (nSPS) is 11.4. The first-order valence-corrected chi connectivity index (χ1v) is 8.26. The van der Waals surface area contributed by atoms with E-state index >= 15 is 0 Å². The Bertz CT molecular complexity index is 1050. The maximum Gasteiger partial charge on any atom is 0.337 e. The van der Waals surface area contributed by atoms with Gasteiger partial charge < -0.3 is 5.11 Å². The highest BCUT2D eigenvalue weighted by Gasteiger charge is 2.21. The Labute approximate surface area is 136 Å².